The minimum absolute atomic E-state index is 0.0209. The van der Waals surface area contributed by atoms with Crippen LogP contribution in [0.25, 0.3) is 0 Å². The first-order valence-electron chi connectivity index (χ1n) is 7.85. The fourth-order valence-electron chi connectivity index (χ4n) is 2.69. The van der Waals surface area contributed by atoms with Gasteiger partial charge in [-0.1, -0.05) is 49.7 Å². The molecule has 1 aliphatic rings. The van der Waals surface area contributed by atoms with Gasteiger partial charge in [0.05, 0.1) is 11.1 Å². The maximum atomic E-state index is 12.7. The number of nitrogens with zero attached hydrogens (tertiary/aromatic N) is 1. The number of carbonyl (C=O) groups is 1. The smallest absolute Gasteiger partial charge is 0.256 e. The van der Waals surface area contributed by atoms with E-state index in [2.05, 4.69) is 5.32 Å². The Labute approximate surface area is 137 Å². The van der Waals surface area contributed by atoms with Gasteiger partial charge in [0.25, 0.3) is 5.91 Å². The van der Waals surface area contributed by atoms with Crippen LogP contribution in [0.4, 0.5) is 11.4 Å². The van der Waals surface area contributed by atoms with Crippen LogP contribution in [0.15, 0.2) is 54.6 Å². The molecular weight excluding hydrogens is 288 g/mol. The fraction of sp³-hybridized carbons (Fsp3) is 0.316. The molecule has 0 radical (unpaired) electrons. The van der Waals surface area contributed by atoms with Crippen LogP contribution in [0, 0.1) is 12.3 Å². The summed E-state index contributed by atoms with van der Waals surface area (Å²) in [6.07, 6.45) is 0.356. The van der Waals surface area contributed by atoms with Gasteiger partial charge in [-0.15, -0.1) is 0 Å². The van der Waals surface area contributed by atoms with Crippen LogP contribution in [0.5, 0.6) is 0 Å². The second kappa shape index (κ2) is 6.05. The van der Waals surface area contributed by atoms with E-state index in [1.165, 1.54) is 5.06 Å². The van der Waals surface area contributed by atoms with Gasteiger partial charge in [0.2, 0.25) is 0 Å². The van der Waals surface area contributed by atoms with Crippen molar-refractivity contribution in [3.63, 3.8) is 0 Å². The van der Waals surface area contributed by atoms with Crippen LogP contribution in [0.3, 0.4) is 0 Å². The largest absolute Gasteiger partial charge is 0.358 e. The van der Waals surface area contributed by atoms with Crippen molar-refractivity contribution in [1.82, 2.24) is 0 Å². The number of carbonyl (C=O) groups excluding carboxylic acids is 1. The van der Waals surface area contributed by atoms with E-state index in [0.717, 1.165) is 16.9 Å². The first-order valence-corrected chi connectivity index (χ1v) is 7.85. The van der Waals surface area contributed by atoms with Crippen molar-refractivity contribution in [1.29, 1.82) is 0 Å². The molecule has 23 heavy (non-hydrogen) atoms. The second-order valence-corrected chi connectivity index (χ2v) is 6.63. The van der Waals surface area contributed by atoms with Gasteiger partial charge in [-0.05, 0) is 31.2 Å². The van der Waals surface area contributed by atoms with Crippen molar-refractivity contribution in [2.75, 3.05) is 10.4 Å². The molecule has 1 unspecified atom stereocenters. The lowest BCUT2D eigenvalue weighted by molar-refractivity contribution is -0.147. The SMILES string of the molecule is Cc1ccc(N2OC(Nc3ccccc3)CC(C)(C)C2=O)cc1. The average molecular weight is 310 g/mol. The highest BCUT2D eigenvalue weighted by molar-refractivity contribution is 5.96. The minimum Gasteiger partial charge on any atom is -0.358 e. The number of nitrogens with one attached hydrogen (secondary N) is 1. The van der Waals surface area contributed by atoms with Gasteiger partial charge in [-0.3, -0.25) is 4.79 Å². The Bertz CT molecular complexity index is 680. The van der Waals surface area contributed by atoms with Gasteiger partial charge in [0.15, 0.2) is 6.23 Å². The summed E-state index contributed by atoms with van der Waals surface area (Å²) in [4.78, 5) is 18.6. The number of para-hydroxylation sites is 1. The standard InChI is InChI=1S/C19H22N2O2/c1-14-9-11-16(12-10-14)21-18(22)19(2,3)13-17(23-21)20-15-7-5-4-6-8-15/h4-12,17,20H,13H2,1-3H3. The van der Waals surface area contributed by atoms with E-state index in [-0.39, 0.29) is 12.1 Å². The van der Waals surface area contributed by atoms with Crippen LogP contribution < -0.4 is 10.4 Å². The Morgan fingerprint density at radius 3 is 2.39 bits per heavy atom. The zero-order valence-corrected chi connectivity index (χ0v) is 13.7. The van der Waals surface area contributed by atoms with Crippen LogP contribution in [-0.2, 0) is 9.63 Å². The molecule has 1 heterocycles. The van der Waals surface area contributed by atoms with E-state index in [1.54, 1.807) is 0 Å². The zero-order chi connectivity index (χ0) is 16.4. The summed E-state index contributed by atoms with van der Waals surface area (Å²) >= 11 is 0. The average Bonchev–Trinajstić information content (AvgIpc) is 2.52. The summed E-state index contributed by atoms with van der Waals surface area (Å²) in [5.74, 6) is -0.0209. The van der Waals surface area contributed by atoms with E-state index >= 15 is 0 Å². The Balaban J connectivity index is 1.84. The van der Waals surface area contributed by atoms with Crippen LogP contribution in [-0.4, -0.2) is 12.1 Å². The van der Waals surface area contributed by atoms with E-state index in [4.69, 9.17) is 4.84 Å². The minimum atomic E-state index is -0.490. The molecular formula is C19H22N2O2. The van der Waals surface area contributed by atoms with Gasteiger partial charge >= 0.3 is 0 Å². The molecule has 4 nitrogen and oxygen atoms in total. The molecule has 1 N–H and O–H groups in total. The number of rotatable bonds is 3. The van der Waals surface area contributed by atoms with Crippen molar-refractivity contribution >= 4 is 17.3 Å². The maximum Gasteiger partial charge on any atom is 0.256 e. The highest BCUT2D eigenvalue weighted by Crippen LogP contribution is 2.35. The van der Waals surface area contributed by atoms with Crippen molar-refractivity contribution in [2.45, 2.75) is 33.4 Å². The van der Waals surface area contributed by atoms with Gasteiger partial charge in [-0.25, -0.2) is 4.84 Å². The van der Waals surface area contributed by atoms with Crippen molar-refractivity contribution in [3.05, 3.63) is 60.2 Å². The predicted octanol–water partition coefficient (Wildman–Crippen LogP) is 4.13. The molecule has 2 aromatic rings. The fourth-order valence-corrected chi connectivity index (χ4v) is 2.69. The van der Waals surface area contributed by atoms with Crippen LogP contribution >= 0.6 is 0 Å². The predicted molar refractivity (Wildman–Crippen MR) is 92.0 cm³/mol. The molecule has 0 bridgehead atoms. The molecule has 4 heteroatoms. The molecule has 1 aliphatic heterocycles. The first-order chi connectivity index (χ1) is 11.0. The molecule has 0 aromatic heterocycles. The third-order valence-electron chi connectivity index (χ3n) is 4.06. The first kappa shape index (κ1) is 15.6. The molecule has 1 atom stereocenters. The van der Waals surface area contributed by atoms with Crippen molar-refractivity contribution in [3.8, 4) is 0 Å². The molecule has 2 aromatic carbocycles. The Kier molecular flexibility index (Phi) is 4.09. The van der Waals surface area contributed by atoms with Crippen LogP contribution in [0.2, 0.25) is 0 Å². The third-order valence-corrected chi connectivity index (χ3v) is 4.06. The summed E-state index contributed by atoms with van der Waals surface area (Å²) in [5, 5.41) is 4.77. The van der Waals surface area contributed by atoms with Gasteiger partial charge in [-0.2, -0.15) is 5.06 Å². The molecule has 3 rings (SSSR count). The quantitative estimate of drug-likeness (QED) is 0.927. The molecule has 0 aliphatic carbocycles. The Hall–Kier alpha value is -2.33. The number of aryl methyl sites for hydroxylation is 1. The number of hydroxylamine groups is 1. The third kappa shape index (κ3) is 3.37. The van der Waals surface area contributed by atoms with Crippen LogP contribution in [0.1, 0.15) is 25.8 Å². The highest BCUT2D eigenvalue weighted by Gasteiger charge is 2.42. The van der Waals surface area contributed by atoms with Gasteiger partial charge in [0.1, 0.15) is 0 Å². The molecule has 1 amide bonds. The molecule has 1 fully saturated rings. The Morgan fingerprint density at radius 1 is 1.09 bits per heavy atom. The molecule has 120 valence electrons. The molecule has 1 saturated heterocycles. The summed E-state index contributed by atoms with van der Waals surface area (Å²) in [6, 6.07) is 17.7. The topological polar surface area (TPSA) is 41.6 Å². The lowest BCUT2D eigenvalue weighted by Gasteiger charge is -2.41. The van der Waals surface area contributed by atoms with E-state index in [0.29, 0.717) is 6.42 Å². The molecule has 0 spiro atoms. The number of anilines is 2. The van der Waals surface area contributed by atoms with Crippen molar-refractivity contribution in [2.24, 2.45) is 5.41 Å². The van der Waals surface area contributed by atoms with E-state index < -0.39 is 5.41 Å². The number of hydrogen-bond donors (Lipinski definition) is 1. The number of benzene rings is 2. The number of amides is 1. The number of hydrogen-bond acceptors (Lipinski definition) is 3. The summed E-state index contributed by atoms with van der Waals surface area (Å²) in [6.45, 7) is 5.93. The zero-order valence-electron chi connectivity index (χ0n) is 13.7. The highest BCUT2D eigenvalue weighted by atomic mass is 16.7. The van der Waals surface area contributed by atoms with Crippen molar-refractivity contribution < 1.29 is 9.63 Å². The van der Waals surface area contributed by atoms with Gasteiger partial charge in [0, 0.05) is 12.1 Å². The normalized spacial score (nSPS) is 20.4. The monoisotopic (exact) mass is 310 g/mol. The lowest BCUT2D eigenvalue weighted by atomic mass is 9.86. The summed E-state index contributed by atoms with van der Waals surface area (Å²) in [5.41, 5.74) is 2.39. The van der Waals surface area contributed by atoms with E-state index in [9.17, 15) is 4.79 Å². The summed E-state index contributed by atoms with van der Waals surface area (Å²) in [7, 11) is 0. The maximum absolute atomic E-state index is 12.7. The summed E-state index contributed by atoms with van der Waals surface area (Å²) < 4.78 is 0. The van der Waals surface area contributed by atoms with Gasteiger partial charge < -0.3 is 5.32 Å². The molecule has 0 saturated carbocycles. The van der Waals surface area contributed by atoms with E-state index in [1.807, 2.05) is 75.4 Å². The second-order valence-electron chi connectivity index (χ2n) is 6.63. The Morgan fingerprint density at radius 2 is 1.74 bits per heavy atom. The lowest BCUT2D eigenvalue weighted by Crippen LogP contribution is -2.52.